The Labute approximate surface area is 207 Å². The molecule has 0 aliphatic carbocycles. The van der Waals surface area contributed by atoms with Crippen LogP contribution >= 0.6 is 15.9 Å². The normalized spacial score (nSPS) is 14.4. The summed E-state index contributed by atoms with van der Waals surface area (Å²) in [4.78, 5) is 27.6. The van der Waals surface area contributed by atoms with E-state index in [0.717, 1.165) is 27.0 Å². The Morgan fingerprint density at radius 2 is 1.82 bits per heavy atom. The molecule has 3 aromatic carbocycles. The molecule has 1 aliphatic heterocycles. The molecule has 0 saturated carbocycles. The zero-order valence-electron chi connectivity index (χ0n) is 19.2. The molecule has 0 fully saturated rings. The number of carbonyl (C=O) groups is 2. The first-order valence-electron chi connectivity index (χ1n) is 10.9. The summed E-state index contributed by atoms with van der Waals surface area (Å²) in [6.45, 7) is 4.32. The first-order chi connectivity index (χ1) is 16.4. The number of halogens is 1. The molecule has 5 nitrogen and oxygen atoms in total. The number of amides is 1. The molecule has 0 radical (unpaired) electrons. The Balaban J connectivity index is 1.82. The Hall–Kier alpha value is -3.64. The van der Waals surface area contributed by atoms with Crippen molar-refractivity contribution in [3.8, 4) is 5.75 Å². The molecule has 3 aromatic rings. The van der Waals surface area contributed by atoms with E-state index in [1.54, 1.807) is 17.0 Å². The van der Waals surface area contributed by atoms with Gasteiger partial charge in [0.1, 0.15) is 5.75 Å². The Morgan fingerprint density at radius 1 is 1.06 bits per heavy atom. The van der Waals surface area contributed by atoms with Crippen molar-refractivity contribution in [1.82, 2.24) is 0 Å². The van der Waals surface area contributed by atoms with Crippen LogP contribution < -0.4 is 9.64 Å². The maximum absolute atomic E-state index is 13.7. The lowest BCUT2D eigenvalue weighted by atomic mass is 10.0. The summed E-state index contributed by atoms with van der Waals surface area (Å²) in [5, 5.41) is 0. The fourth-order valence-corrected chi connectivity index (χ4v) is 4.44. The highest BCUT2D eigenvalue weighted by Gasteiger charge is 2.32. The van der Waals surface area contributed by atoms with Crippen molar-refractivity contribution < 1.29 is 19.1 Å². The lowest BCUT2D eigenvalue weighted by molar-refractivity contribution is -0.113. The van der Waals surface area contributed by atoms with Gasteiger partial charge in [-0.25, -0.2) is 4.79 Å². The molecule has 1 aliphatic rings. The van der Waals surface area contributed by atoms with Crippen molar-refractivity contribution in [2.75, 3.05) is 18.6 Å². The van der Waals surface area contributed by atoms with Crippen LogP contribution in [-0.2, 0) is 9.53 Å². The van der Waals surface area contributed by atoms with Crippen molar-refractivity contribution in [2.45, 2.75) is 13.8 Å². The van der Waals surface area contributed by atoms with E-state index in [2.05, 4.69) is 15.9 Å². The highest BCUT2D eigenvalue weighted by atomic mass is 79.9. The van der Waals surface area contributed by atoms with Crippen LogP contribution in [0.1, 0.15) is 34.0 Å². The highest BCUT2D eigenvalue weighted by molar-refractivity contribution is 9.10. The van der Waals surface area contributed by atoms with E-state index in [4.69, 9.17) is 9.47 Å². The van der Waals surface area contributed by atoms with E-state index >= 15 is 0 Å². The van der Waals surface area contributed by atoms with Gasteiger partial charge < -0.3 is 9.47 Å². The quantitative estimate of drug-likeness (QED) is 0.280. The summed E-state index contributed by atoms with van der Waals surface area (Å²) >= 11 is 3.54. The number of benzene rings is 3. The molecular formula is C28H24BrNO4. The van der Waals surface area contributed by atoms with Gasteiger partial charge in [-0.3, -0.25) is 9.69 Å². The number of rotatable bonds is 6. The van der Waals surface area contributed by atoms with Crippen LogP contribution in [0.25, 0.3) is 11.8 Å². The van der Waals surface area contributed by atoms with Crippen LogP contribution in [0.2, 0.25) is 0 Å². The monoisotopic (exact) mass is 517 g/mol. The molecule has 1 heterocycles. The van der Waals surface area contributed by atoms with Crippen LogP contribution in [0.15, 0.2) is 82.9 Å². The molecule has 0 atom stereocenters. The van der Waals surface area contributed by atoms with Crippen molar-refractivity contribution in [2.24, 2.45) is 0 Å². The van der Waals surface area contributed by atoms with Crippen LogP contribution in [-0.4, -0.2) is 25.6 Å². The minimum absolute atomic E-state index is 0.172. The Bertz CT molecular complexity index is 1310. The first kappa shape index (κ1) is 23.5. The minimum Gasteiger partial charge on any atom is -0.493 e. The van der Waals surface area contributed by atoms with Crippen molar-refractivity contribution >= 4 is 45.3 Å². The molecule has 34 heavy (non-hydrogen) atoms. The van der Waals surface area contributed by atoms with Gasteiger partial charge in [0.2, 0.25) is 0 Å². The van der Waals surface area contributed by atoms with Gasteiger partial charge in [-0.1, -0.05) is 42.5 Å². The minimum atomic E-state index is -0.439. The summed E-state index contributed by atoms with van der Waals surface area (Å²) in [6, 6.07) is 20.7. The van der Waals surface area contributed by atoms with Gasteiger partial charge in [-0.2, -0.15) is 0 Å². The molecule has 4 rings (SSSR count). The predicted molar refractivity (Wildman–Crippen MR) is 138 cm³/mol. The van der Waals surface area contributed by atoms with E-state index in [1.165, 1.54) is 7.11 Å². The van der Waals surface area contributed by atoms with E-state index < -0.39 is 5.97 Å². The highest BCUT2D eigenvalue weighted by Crippen LogP contribution is 2.38. The van der Waals surface area contributed by atoms with Crippen LogP contribution in [0.3, 0.4) is 0 Å². The largest absolute Gasteiger partial charge is 0.493 e. The molecular weight excluding hydrogens is 494 g/mol. The van der Waals surface area contributed by atoms with Gasteiger partial charge in [-0.05, 0) is 82.9 Å². The van der Waals surface area contributed by atoms with Gasteiger partial charge in [0.05, 0.1) is 35.1 Å². The van der Waals surface area contributed by atoms with Crippen LogP contribution in [0.4, 0.5) is 5.69 Å². The van der Waals surface area contributed by atoms with Crippen LogP contribution in [0.5, 0.6) is 5.75 Å². The topological polar surface area (TPSA) is 55.8 Å². The third-order valence-electron chi connectivity index (χ3n) is 5.58. The molecule has 6 heteroatoms. The maximum atomic E-state index is 13.7. The van der Waals surface area contributed by atoms with E-state index in [-0.39, 0.29) is 5.91 Å². The van der Waals surface area contributed by atoms with E-state index in [0.29, 0.717) is 29.0 Å². The lowest BCUT2D eigenvalue weighted by Crippen LogP contribution is -2.26. The SMILES string of the molecule is CCOc1ccc(/C=C2\C=C(c3ccccc3)N(c3cccc(C(=O)OC)c3C)C2=O)cc1Br. The molecule has 0 aromatic heterocycles. The average molecular weight is 518 g/mol. The third-order valence-corrected chi connectivity index (χ3v) is 6.20. The summed E-state index contributed by atoms with van der Waals surface area (Å²) in [6.07, 6.45) is 3.73. The zero-order chi connectivity index (χ0) is 24.2. The number of nitrogens with zero attached hydrogens (tertiary/aromatic N) is 1. The Morgan fingerprint density at radius 3 is 2.50 bits per heavy atom. The maximum Gasteiger partial charge on any atom is 0.338 e. The number of ether oxygens (including phenoxy) is 2. The average Bonchev–Trinajstić information content (AvgIpc) is 3.16. The second-order valence-corrected chi connectivity index (χ2v) is 8.55. The number of anilines is 1. The second-order valence-electron chi connectivity index (χ2n) is 7.70. The van der Waals surface area contributed by atoms with E-state index in [9.17, 15) is 9.59 Å². The van der Waals surface area contributed by atoms with Crippen LogP contribution in [0, 0.1) is 6.92 Å². The number of hydrogen-bond acceptors (Lipinski definition) is 4. The number of esters is 1. The fourth-order valence-electron chi connectivity index (χ4n) is 3.93. The van der Waals surface area contributed by atoms with E-state index in [1.807, 2.05) is 80.6 Å². The van der Waals surface area contributed by atoms with Gasteiger partial charge in [-0.15, -0.1) is 0 Å². The molecule has 0 N–H and O–H groups in total. The summed E-state index contributed by atoms with van der Waals surface area (Å²) in [5.41, 5.74) is 4.78. The van der Waals surface area contributed by atoms with Crippen molar-refractivity contribution in [1.29, 1.82) is 0 Å². The van der Waals surface area contributed by atoms with Gasteiger partial charge in [0.25, 0.3) is 5.91 Å². The Kier molecular flexibility index (Phi) is 6.98. The number of hydrogen-bond donors (Lipinski definition) is 0. The molecule has 0 spiro atoms. The van der Waals surface area contributed by atoms with Crippen molar-refractivity contribution in [3.63, 3.8) is 0 Å². The second kappa shape index (κ2) is 10.1. The molecule has 0 saturated heterocycles. The molecule has 1 amide bonds. The smallest absolute Gasteiger partial charge is 0.338 e. The predicted octanol–water partition coefficient (Wildman–Crippen LogP) is 6.41. The first-order valence-corrected chi connectivity index (χ1v) is 11.7. The third kappa shape index (κ3) is 4.54. The molecule has 0 bridgehead atoms. The number of methoxy groups -OCH3 is 1. The lowest BCUT2D eigenvalue weighted by Gasteiger charge is -2.23. The zero-order valence-corrected chi connectivity index (χ0v) is 20.8. The standard InChI is InChI=1S/C28H24BrNO4/c1-4-34-26-14-13-19(16-23(26)29)15-21-17-25(20-9-6-5-7-10-20)30(27(21)31)24-12-8-11-22(18(24)2)28(32)33-3/h5-17H,4H2,1-3H3/b21-15+. The summed E-state index contributed by atoms with van der Waals surface area (Å²) in [7, 11) is 1.35. The molecule has 0 unspecified atom stereocenters. The van der Waals surface area contributed by atoms with Crippen molar-refractivity contribution in [3.05, 3.63) is 105 Å². The summed E-state index contributed by atoms with van der Waals surface area (Å²) < 4.78 is 11.3. The molecule has 172 valence electrons. The fraction of sp³-hybridized carbons (Fsp3) is 0.143. The number of carbonyl (C=O) groups excluding carboxylic acids is 2. The van der Waals surface area contributed by atoms with Gasteiger partial charge >= 0.3 is 5.97 Å². The van der Waals surface area contributed by atoms with Gasteiger partial charge in [0, 0.05) is 5.57 Å². The summed E-state index contributed by atoms with van der Waals surface area (Å²) in [5.74, 6) is 0.139. The van der Waals surface area contributed by atoms with Gasteiger partial charge in [0.15, 0.2) is 0 Å².